The van der Waals surface area contributed by atoms with E-state index in [9.17, 15) is 0 Å². The first-order chi connectivity index (χ1) is 6.84. The third-order valence-corrected chi connectivity index (χ3v) is 2.83. The molecule has 0 radical (unpaired) electrons. The van der Waals surface area contributed by atoms with Crippen molar-refractivity contribution in [1.29, 1.82) is 0 Å². The van der Waals surface area contributed by atoms with Gasteiger partial charge in [-0.3, -0.25) is 0 Å². The van der Waals surface area contributed by atoms with E-state index in [0.717, 1.165) is 18.5 Å². The molecule has 14 heavy (non-hydrogen) atoms. The summed E-state index contributed by atoms with van der Waals surface area (Å²) < 4.78 is 0. The van der Waals surface area contributed by atoms with E-state index in [4.69, 9.17) is 5.73 Å². The molecule has 2 rings (SSSR count). The lowest BCUT2D eigenvalue weighted by Gasteiger charge is -2.18. The van der Waals surface area contributed by atoms with Crippen molar-refractivity contribution < 1.29 is 0 Å². The Morgan fingerprint density at radius 1 is 1.21 bits per heavy atom. The number of allylic oxidation sites excluding steroid dienone is 2. The molecule has 0 saturated heterocycles. The topological polar surface area (TPSA) is 26.0 Å². The Morgan fingerprint density at radius 2 is 2.00 bits per heavy atom. The molecule has 1 heteroatoms. The molecule has 0 heterocycles. The molecule has 1 atom stereocenters. The summed E-state index contributed by atoms with van der Waals surface area (Å²) in [6, 6.07) is 10.7. The van der Waals surface area contributed by atoms with Crippen LogP contribution in [-0.4, -0.2) is 0 Å². The van der Waals surface area contributed by atoms with Crippen molar-refractivity contribution in [3.63, 3.8) is 0 Å². The van der Waals surface area contributed by atoms with Crippen LogP contribution in [-0.2, 0) is 6.42 Å². The largest absolute Gasteiger partial charge is 0.402 e. The second-order valence-electron chi connectivity index (χ2n) is 4.08. The fraction of sp³-hybridized carbons (Fsp3) is 0.385. The van der Waals surface area contributed by atoms with Gasteiger partial charge >= 0.3 is 0 Å². The Morgan fingerprint density at radius 3 is 2.71 bits per heavy atom. The Hall–Kier alpha value is -1.24. The third-order valence-electron chi connectivity index (χ3n) is 2.83. The summed E-state index contributed by atoms with van der Waals surface area (Å²) in [5.74, 6) is 0.658. The molecule has 1 aromatic carbocycles. The first-order valence-corrected chi connectivity index (χ1v) is 5.34. The predicted molar refractivity (Wildman–Crippen MR) is 59.8 cm³/mol. The minimum atomic E-state index is 0.658. The summed E-state index contributed by atoms with van der Waals surface area (Å²) in [7, 11) is 0. The van der Waals surface area contributed by atoms with Crippen molar-refractivity contribution in [3.8, 4) is 0 Å². The zero-order valence-corrected chi connectivity index (χ0v) is 8.45. The standard InChI is InChI=1S/C13H17N/c14-13-8-4-7-12(10-13)9-11-5-2-1-3-6-11/h1-3,5-6,10,12H,4,7-9,14H2. The average molecular weight is 187 g/mol. The third kappa shape index (κ3) is 2.38. The average Bonchev–Trinajstić information content (AvgIpc) is 2.19. The van der Waals surface area contributed by atoms with Crippen molar-refractivity contribution in [3.05, 3.63) is 47.7 Å². The van der Waals surface area contributed by atoms with Crippen LogP contribution >= 0.6 is 0 Å². The van der Waals surface area contributed by atoms with Crippen molar-refractivity contribution >= 4 is 0 Å². The van der Waals surface area contributed by atoms with Gasteiger partial charge in [0.25, 0.3) is 0 Å². The van der Waals surface area contributed by atoms with Crippen LogP contribution in [0.2, 0.25) is 0 Å². The van der Waals surface area contributed by atoms with Gasteiger partial charge in [-0.15, -0.1) is 0 Å². The lowest BCUT2D eigenvalue weighted by Crippen LogP contribution is -2.11. The van der Waals surface area contributed by atoms with E-state index in [2.05, 4.69) is 36.4 Å². The van der Waals surface area contributed by atoms with E-state index in [0.29, 0.717) is 5.92 Å². The van der Waals surface area contributed by atoms with Crippen molar-refractivity contribution in [1.82, 2.24) is 0 Å². The summed E-state index contributed by atoms with van der Waals surface area (Å²) >= 11 is 0. The summed E-state index contributed by atoms with van der Waals surface area (Å²) in [5, 5.41) is 0. The van der Waals surface area contributed by atoms with Gasteiger partial charge in [-0.2, -0.15) is 0 Å². The van der Waals surface area contributed by atoms with Gasteiger partial charge in [0.1, 0.15) is 0 Å². The van der Waals surface area contributed by atoms with Crippen LogP contribution in [0.5, 0.6) is 0 Å². The number of hydrogen-bond donors (Lipinski definition) is 1. The van der Waals surface area contributed by atoms with E-state index < -0.39 is 0 Å². The molecule has 0 saturated carbocycles. The van der Waals surface area contributed by atoms with Crippen LogP contribution in [0.3, 0.4) is 0 Å². The molecule has 0 amide bonds. The van der Waals surface area contributed by atoms with Gasteiger partial charge in [0.05, 0.1) is 0 Å². The highest BCUT2D eigenvalue weighted by Gasteiger charge is 2.11. The highest BCUT2D eigenvalue weighted by molar-refractivity contribution is 5.17. The fourth-order valence-electron chi connectivity index (χ4n) is 2.12. The highest BCUT2D eigenvalue weighted by Crippen LogP contribution is 2.23. The zero-order valence-electron chi connectivity index (χ0n) is 8.45. The smallest absolute Gasteiger partial charge is 0.00429 e. The Kier molecular flexibility index (Phi) is 2.87. The molecule has 0 spiro atoms. The maximum absolute atomic E-state index is 5.84. The summed E-state index contributed by atoms with van der Waals surface area (Å²) in [4.78, 5) is 0. The molecule has 0 aromatic heterocycles. The molecule has 1 unspecified atom stereocenters. The Bertz CT molecular complexity index is 313. The minimum absolute atomic E-state index is 0.658. The molecular weight excluding hydrogens is 170 g/mol. The molecule has 1 aromatic rings. The van der Waals surface area contributed by atoms with Crippen molar-refractivity contribution in [2.45, 2.75) is 25.7 Å². The van der Waals surface area contributed by atoms with Crippen LogP contribution < -0.4 is 5.73 Å². The molecule has 2 N–H and O–H groups in total. The molecule has 0 fully saturated rings. The van der Waals surface area contributed by atoms with E-state index in [1.54, 1.807) is 0 Å². The lowest BCUT2D eigenvalue weighted by atomic mass is 9.89. The van der Waals surface area contributed by atoms with Crippen LogP contribution in [0.1, 0.15) is 24.8 Å². The lowest BCUT2D eigenvalue weighted by molar-refractivity contribution is 0.523. The van der Waals surface area contributed by atoms with E-state index in [-0.39, 0.29) is 0 Å². The number of hydrogen-bond acceptors (Lipinski definition) is 1. The molecule has 0 aliphatic heterocycles. The van der Waals surface area contributed by atoms with Gasteiger partial charge < -0.3 is 5.73 Å². The zero-order chi connectivity index (χ0) is 9.80. The summed E-state index contributed by atoms with van der Waals surface area (Å²) in [5.41, 5.74) is 8.34. The van der Waals surface area contributed by atoms with Gasteiger partial charge in [0.2, 0.25) is 0 Å². The monoisotopic (exact) mass is 187 g/mol. The Labute approximate surface area is 85.6 Å². The predicted octanol–water partition coefficient (Wildman–Crippen LogP) is 2.87. The van der Waals surface area contributed by atoms with E-state index in [1.165, 1.54) is 18.4 Å². The second-order valence-corrected chi connectivity index (χ2v) is 4.08. The second kappa shape index (κ2) is 4.32. The number of nitrogens with two attached hydrogens (primary N) is 1. The molecule has 0 bridgehead atoms. The van der Waals surface area contributed by atoms with Gasteiger partial charge in [0, 0.05) is 5.70 Å². The normalized spacial score (nSPS) is 21.7. The molecule has 1 aliphatic carbocycles. The Balaban J connectivity index is 2.01. The van der Waals surface area contributed by atoms with Gasteiger partial charge in [-0.1, -0.05) is 36.4 Å². The molecular formula is C13H17N. The number of benzene rings is 1. The fourth-order valence-corrected chi connectivity index (χ4v) is 2.12. The minimum Gasteiger partial charge on any atom is -0.402 e. The van der Waals surface area contributed by atoms with Gasteiger partial charge in [-0.25, -0.2) is 0 Å². The van der Waals surface area contributed by atoms with E-state index >= 15 is 0 Å². The summed E-state index contributed by atoms with van der Waals surface area (Å²) in [6.45, 7) is 0. The van der Waals surface area contributed by atoms with Crippen LogP contribution in [0.25, 0.3) is 0 Å². The first-order valence-electron chi connectivity index (χ1n) is 5.34. The van der Waals surface area contributed by atoms with Crippen molar-refractivity contribution in [2.24, 2.45) is 11.7 Å². The van der Waals surface area contributed by atoms with Crippen molar-refractivity contribution in [2.75, 3.05) is 0 Å². The summed E-state index contributed by atoms with van der Waals surface area (Å²) in [6.07, 6.45) is 7.01. The van der Waals surface area contributed by atoms with Gasteiger partial charge in [0.15, 0.2) is 0 Å². The highest BCUT2D eigenvalue weighted by atomic mass is 14.6. The molecule has 1 aliphatic rings. The van der Waals surface area contributed by atoms with Crippen LogP contribution in [0.15, 0.2) is 42.1 Å². The maximum atomic E-state index is 5.84. The molecule has 74 valence electrons. The maximum Gasteiger partial charge on any atom is 0.00429 e. The van der Waals surface area contributed by atoms with Gasteiger partial charge in [-0.05, 0) is 37.2 Å². The number of rotatable bonds is 2. The first kappa shape index (κ1) is 9.32. The van der Waals surface area contributed by atoms with Crippen LogP contribution in [0, 0.1) is 5.92 Å². The van der Waals surface area contributed by atoms with Crippen LogP contribution in [0.4, 0.5) is 0 Å². The quantitative estimate of drug-likeness (QED) is 0.757. The molecule has 1 nitrogen and oxygen atoms in total. The van der Waals surface area contributed by atoms with E-state index in [1.807, 2.05) is 0 Å². The SMILES string of the molecule is NC1=CC(Cc2ccccc2)CCC1.